The van der Waals surface area contributed by atoms with E-state index in [2.05, 4.69) is 4.98 Å². The SMILES string of the molecule is O=C1C2=C(CCCC2)[N+](=O)C1c1cc2c(cc1F)sc(=O)n2-c1ccccn1. The molecule has 5 rings (SSSR count). The molecular weight excluding hydrogens is 381 g/mol. The highest BCUT2D eigenvalue weighted by Crippen LogP contribution is 2.41. The number of fused-ring (bicyclic) bond motifs is 1. The van der Waals surface area contributed by atoms with Gasteiger partial charge < -0.3 is 0 Å². The van der Waals surface area contributed by atoms with Crippen molar-refractivity contribution in [1.82, 2.24) is 9.55 Å². The second kappa shape index (κ2) is 6.27. The Bertz CT molecular complexity index is 1210. The summed E-state index contributed by atoms with van der Waals surface area (Å²) < 4.78 is 17.4. The van der Waals surface area contributed by atoms with Crippen LogP contribution in [-0.2, 0) is 4.79 Å². The first-order valence-electron chi connectivity index (χ1n) is 9.05. The monoisotopic (exact) mass is 396 g/mol. The van der Waals surface area contributed by atoms with Gasteiger partial charge >= 0.3 is 4.87 Å². The summed E-state index contributed by atoms with van der Waals surface area (Å²) in [5, 5.41) is 0. The molecule has 0 radical (unpaired) electrons. The first kappa shape index (κ1) is 17.1. The molecule has 3 heterocycles. The van der Waals surface area contributed by atoms with Gasteiger partial charge in [-0.2, -0.15) is 0 Å². The molecule has 2 aliphatic rings. The normalized spacial score (nSPS) is 19.5. The average molecular weight is 396 g/mol. The molecule has 0 saturated carbocycles. The van der Waals surface area contributed by atoms with Crippen LogP contribution in [0.15, 0.2) is 52.6 Å². The molecule has 3 aromatic rings. The summed E-state index contributed by atoms with van der Waals surface area (Å²) >= 11 is 0.901. The van der Waals surface area contributed by atoms with Crippen molar-refractivity contribution in [2.45, 2.75) is 31.7 Å². The van der Waals surface area contributed by atoms with Crippen LogP contribution >= 0.6 is 11.3 Å². The number of aromatic nitrogens is 2. The molecule has 140 valence electrons. The van der Waals surface area contributed by atoms with Crippen molar-refractivity contribution in [2.24, 2.45) is 0 Å². The van der Waals surface area contributed by atoms with E-state index in [-0.39, 0.29) is 16.2 Å². The number of thiazole rings is 1. The lowest BCUT2D eigenvalue weighted by molar-refractivity contribution is -0.527. The van der Waals surface area contributed by atoms with E-state index in [1.165, 1.54) is 16.7 Å². The number of rotatable bonds is 2. The van der Waals surface area contributed by atoms with E-state index >= 15 is 0 Å². The van der Waals surface area contributed by atoms with Crippen LogP contribution in [0.3, 0.4) is 0 Å². The number of pyridine rings is 1. The molecule has 0 fully saturated rings. The first-order chi connectivity index (χ1) is 13.6. The molecule has 28 heavy (non-hydrogen) atoms. The topological polar surface area (TPSA) is 72.0 Å². The number of ketones is 1. The number of benzene rings is 1. The van der Waals surface area contributed by atoms with E-state index in [1.54, 1.807) is 24.4 Å². The molecule has 1 aliphatic heterocycles. The number of hydrogen-bond acceptors (Lipinski definition) is 5. The molecule has 2 aromatic heterocycles. The Morgan fingerprint density at radius 3 is 2.75 bits per heavy atom. The fraction of sp³-hybridized carbons (Fsp3) is 0.250. The second-order valence-corrected chi connectivity index (χ2v) is 7.95. The smallest absolute Gasteiger partial charge is 0.286 e. The molecule has 1 atom stereocenters. The zero-order chi connectivity index (χ0) is 19.4. The number of carbonyl (C=O) groups is 1. The standard InChI is InChI=1S/C20H15FN3O3S/c21-13-10-16-15(23(20(26)28-16)17-7-3-4-8-22-17)9-12(13)18-19(25)11-5-1-2-6-14(11)24(18)27/h3-4,7-10,18H,1-2,5-6H2/q+1. The summed E-state index contributed by atoms with van der Waals surface area (Å²) in [6, 6.07) is 6.62. The van der Waals surface area contributed by atoms with Gasteiger partial charge in [-0.05, 0) is 43.5 Å². The predicted molar refractivity (Wildman–Crippen MR) is 102 cm³/mol. The van der Waals surface area contributed by atoms with Crippen molar-refractivity contribution in [3.05, 3.63) is 73.8 Å². The largest absolute Gasteiger partial charge is 0.313 e. The number of halogens is 1. The summed E-state index contributed by atoms with van der Waals surface area (Å²) in [6.07, 6.45) is 4.37. The molecule has 0 N–H and O–H groups in total. The lowest BCUT2D eigenvalue weighted by Gasteiger charge is -2.07. The minimum absolute atomic E-state index is 0.00406. The fourth-order valence-electron chi connectivity index (χ4n) is 4.06. The van der Waals surface area contributed by atoms with Gasteiger partial charge in [0.25, 0.3) is 6.04 Å². The Morgan fingerprint density at radius 2 is 2.00 bits per heavy atom. The van der Waals surface area contributed by atoms with E-state index in [1.807, 2.05) is 0 Å². The summed E-state index contributed by atoms with van der Waals surface area (Å²) in [5.74, 6) is -0.573. The summed E-state index contributed by atoms with van der Waals surface area (Å²) in [6.45, 7) is 0. The van der Waals surface area contributed by atoms with Crippen molar-refractivity contribution in [3.8, 4) is 5.82 Å². The van der Waals surface area contributed by atoms with E-state index in [4.69, 9.17) is 0 Å². The summed E-state index contributed by atoms with van der Waals surface area (Å²) in [4.78, 5) is 42.0. The molecule has 8 heteroatoms. The number of allylic oxidation sites excluding steroid dienone is 1. The van der Waals surface area contributed by atoms with Crippen molar-refractivity contribution in [2.75, 3.05) is 0 Å². The minimum atomic E-state index is -1.22. The maximum atomic E-state index is 14.9. The van der Waals surface area contributed by atoms with E-state index < -0.39 is 11.9 Å². The molecule has 1 aromatic carbocycles. The van der Waals surface area contributed by atoms with Crippen LogP contribution in [0.25, 0.3) is 16.0 Å². The molecule has 0 amide bonds. The van der Waals surface area contributed by atoms with Gasteiger partial charge in [-0.1, -0.05) is 17.4 Å². The second-order valence-electron chi connectivity index (χ2n) is 6.96. The Balaban J connectivity index is 1.69. The maximum Gasteiger partial charge on any atom is 0.313 e. The highest BCUT2D eigenvalue weighted by atomic mass is 32.1. The Labute approximate surface area is 162 Å². The van der Waals surface area contributed by atoms with Crippen LogP contribution in [0, 0.1) is 10.7 Å². The molecule has 0 bridgehead atoms. The number of nitrogens with zero attached hydrogens (tertiary/aromatic N) is 3. The molecule has 1 unspecified atom stereocenters. The number of Topliss-reactive ketones (excluding diaryl/α,β-unsaturated/α-hetero) is 1. The first-order valence-corrected chi connectivity index (χ1v) is 9.87. The Morgan fingerprint density at radius 1 is 1.18 bits per heavy atom. The molecule has 1 aliphatic carbocycles. The highest BCUT2D eigenvalue weighted by Gasteiger charge is 2.51. The Hall–Kier alpha value is -3.00. The van der Waals surface area contributed by atoms with E-state index in [0.29, 0.717) is 44.9 Å². The lowest BCUT2D eigenvalue weighted by Crippen LogP contribution is -2.18. The fourth-order valence-corrected chi connectivity index (χ4v) is 4.95. The molecule has 0 spiro atoms. The van der Waals surface area contributed by atoms with Gasteiger partial charge in [-0.15, -0.1) is 0 Å². The average Bonchev–Trinajstić information content (AvgIpc) is 3.15. The summed E-state index contributed by atoms with van der Waals surface area (Å²) in [5.41, 5.74) is 1.45. The van der Waals surface area contributed by atoms with Crippen LogP contribution in [0.1, 0.15) is 37.3 Å². The van der Waals surface area contributed by atoms with Gasteiger partial charge in [-0.25, -0.2) is 9.37 Å². The van der Waals surface area contributed by atoms with Gasteiger partial charge in [0.2, 0.25) is 11.5 Å². The van der Waals surface area contributed by atoms with Crippen molar-refractivity contribution in [1.29, 1.82) is 0 Å². The van der Waals surface area contributed by atoms with Crippen LogP contribution in [0.5, 0.6) is 0 Å². The quantitative estimate of drug-likeness (QED) is 0.618. The highest BCUT2D eigenvalue weighted by molar-refractivity contribution is 7.16. The van der Waals surface area contributed by atoms with Crippen LogP contribution in [0.4, 0.5) is 4.39 Å². The number of carbonyl (C=O) groups excluding carboxylic acids is 1. The zero-order valence-electron chi connectivity index (χ0n) is 14.7. The third-order valence-corrected chi connectivity index (χ3v) is 6.26. The zero-order valence-corrected chi connectivity index (χ0v) is 15.5. The molecule has 0 saturated heterocycles. The van der Waals surface area contributed by atoms with Gasteiger partial charge in [0.1, 0.15) is 11.6 Å². The molecule has 6 nitrogen and oxygen atoms in total. The van der Waals surface area contributed by atoms with Gasteiger partial charge in [0, 0.05) is 22.3 Å². The summed E-state index contributed by atoms with van der Waals surface area (Å²) in [7, 11) is 0. The van der Waals surface area contributed by atoms with Gasteiger partial charge in [0.15, 0.2) is 0 Å². The molecular formula is C20H15FN3O3S+. The van der Waals surface area contributed by atoms with Gasteiger partial charge in [-0.3, -0.25) is 14.2 Å². The van der Waals surface area contributed by atoms with Crippen molar-refractivity contribution in [3.63, 3.8) is 0 Å². The third-order valence-electron chi connectivity index (χ3n) is 5.36. The van der Waals surface area contributed by atoms with Crippen LogP contribution < -0.4 is 4.87 Å². The van der Waals surface area contributed by atoms with E-state index in [0.717, 1.165) is 24.2 Å². The number of hydrogen-bond donors (Lipinski definition) is 0. The maximum absolute atomic E-state index is 14.9. The minimum Gasteiger partial charge on any atom is -0.286 e. The van der Waals surface area contributed by atoms with Crippen LogP contribution in [-0.4, -0.2) is 20.1 Å². The predicted octanol–water partition coefficient (Wildman–Crippen LogP) is 3.82. The van der Waals surface area contributed by atoms with Crippen molar-refractivity contribution < 1.29 is 13.9 Å². The number of nitroso groups, excluding NO2 is 1. The lowest BCUT2D eigenvalue weighted by atomic mass is 9.93. The van der Waals surface area contributed by atoms with Crippen molar-refractivity contribution >= 4 is 27.3 Å². The van der Waals surface area contributed by atoms with Gasteiger partial charge in [0.05, 0.1) is 21.4 Å². The van der Waals surface area contributed by atoms with E-state index in [9.17, 15) is 18.9 Å². The van der Waals surface area contributed by atoms with Crippen LogP contribution in [0.2, 0.25) is 0 Å². The Kier molecular flexibility index (Phi) is 3.83. The third kappa shape index (κ3) is 2.41.